The molecule has 0 saturated carbocycles. The van der Waals surface area contributed by atoms with Crippen LogP contribution in [0.1, 0.15) is 27.8 Å². The number of nitrogens with zero attached hydrogens (tertiary/aromatic N) is 4. The molecule has 4 rings (SSSR count). The summed E-state index contributed by atoms with van der Waals surface area (Å²) in [7, 11) is 0. The topological polar surface area (TPSA) is 96.0 Å². The molecule has 1 aromatic carbocycles. The third-order valence-electron chi connectivity index (χ3n) is 4.53. The van der Waals surface area contributed by atoms with Gasteiger partial charge in [-0.2, -0.15) is 18.3 Å². The molecule has 3 aromatic rings. The number of rotatable bonds is 4. The number of benzene rings is 1. The molecule has 1 aliphatic heterocycles. The van der Waals surface area contributed by atoms with Gasteiger partial charge in [-0.1, -0.05) is 12.1 Å². The van der Waals surface area contributed by atoms with Gasteiger partial charge in [0.15, 0.2) is 11.5 Å². The van der Waals surface area contributed by atoms with Crippen LogP contribution in [0.15, 0.2) is 48.9 Å². The van der Waals surface area contributed by atoms with Crippen LogP contribution in [0.4, 0.5) is 24.7 Å². The van der Waals surface area contributed by atoms with E-state index in [1.807, 2.05) is 0 Å². The number of alkyl halides is 3. The molecule has 1 atom stereocenters. The Balaban J connectivity index is 1.72. The van der Waals surface area contributed by atoms with Crippen molar-refractivity contribution in [2.75, 3.05) is 24.6 Å². The number of amides is 1. The first kappa shape index (κ1) is 20.0. The summed E-state index contributed by atoms with van der Waals surface area (Å²) in [6, 6.07) is 8.21. The number of H-pyrrole nitrogens is 1. The summed E-state index contributed by atoms with van der Waals surface area (Å²) in [6.45, 7) is 2.00. The van der Waals surface area contributed by atoms with E-state index in [2.05, 4.69) is 25.5 Å². The van der Waals surface area contributed by atoms with E-state index in [0.29, 0.717) is 25.0 Å². The van der Waals surface area contributed by atoms with Crippen molar-refractivity contribution in [3.63, 3.8) is 0 Å². The second-order valence-corrected chi connectivity index (χ2v) is 6.53. The lowest BCUT2D eigenvalue weighted by Crippen LogP contribution is -2.33. The highest BCUT2D eigenvalue weighted by Gasteiger charge is 2.34. The molecule has 2 N–H and O–H groups in total. The molecule has 3 heterocycles. The van der Waals surface area contributed by atoms with Crippen LogP contribution in [-0.2, 0) is 10.9 Å². The maximum atomic E-state index is 13.1. The van der Waals surface area contributed by atoms with Crippen LogP contribution < -0.4 is 10.2 Å². The Morgan fingerprint density at radius 3 is 2.60 bits per heavy atom. The lowest BCUT2D eigenvalue weighted by Gasteiger charge is -2.25. The summed E-state index contributed by atoms with van der Waals surface area (Å²) in [6.07, 6.45) is -1.75. The summed E-state index contributed by atoms with van der Waals surface area (Å²) in [5.41, 5.74) is 0.115. The zero-order valence-corrected chi connectivity index (χ0v) is 15.6. The fourth-order valence-electron chi connectivity index (χ4n) is 3.07. The van der Waals surface area contributed by atoms with Crippen LogP contribution in [-0.4, -0.2) is 45.8 Å². The lowest BCUT2D eigenvalue weighted by molar-refractivity contribution is -0.141. The van der Waals surface area contributed by atoms with Crippen LogP contribution in [0.3, 0.4) is 0 Å². The summed E-state index contributed by atoms with van der Waals surface area (Å²) in [4.78, 5) is 21.3. The number of morpholine rings is 1. The molecule has 11 heteroatoms. The number of carbonyl (C=O) groups is 1. The van der Waals surface area contributed by atoms with Gasteiger partial charge in [0.1, 0.15) is 5.69 Å². The number of anilines is 2. The second-order valence-electron chi connectivity index (χ2n) is 6.53. The van der Waals surface area contributed by atoms with Gasteiger partial charge in [0.2, 0.25) is 0 Å². The maximum absolute atomic E-state index is 13.1. The predicted molar refractivity (Wildman–Crippen MR) is 100 cm³/mol. The van der Waals surface area contributed by atoms with Gasteiger partial charge < -0.3 is 10.1 Å². The third kappa shape index (κ3) is 4.16. The van der Waals surface area contributed by atoms with E-state index in [1.54, 1.807) is 24.3 Å². The van der Waals surface area contributed by atoms with Crippen molar-refractivity contribution >= 4 is 17.4 Å². The minimum Gasteiger partial charge on any atom is -0.371 e. The number of hydrogen-bond donors (Lipinski definition) is 2. The zero-order valence-electron chi connectivity index (χ0n) is 15.6. The van der Waals surface area contributed by atoms with Crippen molar-refractivity contribution in [3.05, 3.63) is 65.9 Å². The van der Waals surface area contributed by atoms with Crippen molar-refractivity contribution in [2.24, 2.45) is 0 Å². The van der Waals surface area contributed by atoms with Gasteiger partial charge in [-0.05, 0) is 23.8 Å². The first-order valence-corrected chi connectivity index (χ1v) is 9.09. The largest absolute Gasteiger partial charge is 0.434 e. The molecule has 8 nitrogen and oxygen atoms in total. The lowest BCUT2D eigenvalue weighted by atomic mass is 10.1. The Morgan fingerprint density at radius 1 is 1.17 bits per heavy atom. The molecule has 0 unspecified atom stereocenters. The molecular weight excluding hydrogens is 401 g/mol. The van der Waals surface area contributed by atoms with E-state index in [0.717, 1.165) is 23.2 Å². The molecule has 30 heavy (non-hydrogen) atoms. The smallest absolute Gasteiger partial charge is 0.371 e. The summed E-state index contributed by atoms with van der Waals surface area (Å²) in [5, 5.41) is 9.49. The maximum Gasteiger partial charge on any atom is 0.434 e. The van der Waals surface area contributed by atoms with E-state index >= 15 is 0 Å². The number of halogens is 3. The van der Waals surface area contributed by atoms with Gasteiger partial charge in [0.05, 0.1) is 30.8 Å². The van der Waals surface area contributed by atoms with Gasteiger partial charge in [-0.3, -0.25) is 19.8 Å². The minimum absolute atomic E-state index is 0.0955. The molecule has 0 radical (unpaired) electrons. The molecule has 0 spiro atoms. The van der Waals surface area contributed by atoms with Gasteiger partial charge in [0.25, 0.3) is 5.91 Å². The first-order valence-electron chi connectivity index (χ1n) is 9.09. The van der Waals surface area contributed by atoms with Crippen LogP contribution in [0.5, 0.6) is 0 Å². The van der Waals surface area contributed by atoms with Crippen LogP contribution >= 0.6 is 0 Å². The fourth-order valence-corrected chi connectivity index (χ4v) is 3.07. The normalized spacial score (nSPS) is 17.0. The Morgan fingerprint density at radius 2 is 1.97 bits per heavy atom. The van der Waals surface area contributed by atoms with Crippen LogP contribution in [0.2, 0.25) is 0 Å². The fraction of sp³-hybridized carbons (Fsp3) is 0.263. The van der Waals surface area contributed by atoms with Crippen molar-refractivity contribution in [2.45, 2.75) is 12.3 Å². The van der Waals surface area contributed by atoms with Crippen LogP contribution in [0, 0.1) is 0 Å². The third-order valence-corrected chi connectivity index (χ3v) is 4.53. The highest BCUT2D eigenvalue weighted by Crippen LogP contribution is 2.32. The highest BCUT2D eigenvalue weighted by molar-refractivity contribution is 6.09. The number of hydrogen-bond acceptors (Lipinski definition) is 6. The van der Waals surface area contributed by atoms with E-state index in [1.165, 1.54) is 12.3 Å². The first-order chi connectivity index (χ1) is 14.4. The van der Waals surface area contributed by atoms with E-state index < -0.39 is 17.8 Å². The van der Waals surface area contributed by atoms with Gasteiger partial charge in [-0.25, -0.2) is 4.98 Å². The predicted octanol–water partition coefficient (Wildman–Crippen LogP) is 2.86. The Kier molecular flexibility index (Phi) is 5.46. The van der Waals surface area contributed by atoms with Gasteiger partial charge in [0, 0.05) is 19.3 Å². The zero-order chi connectivity index (χ0) is 21.1. The SMILES string of the molecule is O=C(c1ccn[nH]1)N(c1ccc([C@H]2CNCCO2)cc1)c1cncc(C(F)(F)F)n1. The molecule has 0 bridgehead atoms. The quantitative estimate of drug-likeness (QED) is 0.677. The molecule has 1 saturated heterocycles. The highest BCUT2D eigenvalue weighted by atomic mass is 19.4. The Hall–Kier alpha value is -3.31. The molecule has 2 aromatic heterocycles. The average molecular weight is 418 g/mol. The number of aromatic nitrogens is 4. The molecule has 1 fully saturated rings. The molecular formula is C19H17F3N6O2. The van der Waals surface area contributed by atoms with Gasteiger partial charge >= 0.3 is 6.18 Å². The number of carbonyl (C=O) groups excluding carboxylic acids is 1. The summed E-state index contributed by atoms with van der Waals surface area (Å²) in [5.74, 6) is -0.878. The Bertz CT molecular complexity index is 1000. The van der Waals surface area contributed by atoms with Gasteiger partial charge in [-0.15, -0.1) is 0 Å². The number of nitrogens with one attached hydrogen (secondary N) is 2. The second kappa shape index (κ2) is 8.20. The van der Waals surface area contributed by atoms with E-state index in [-0.39, 0.29) is 17.6 Å². The number of ether oxygens (including phenoxy) is 1. The minimum atomic E-state index is -4.69. The molecule has 1 amide bonds. The van der Waals surface area contributed by atoms with Crippen molar-refractivity contribution in [1.82, 2.24) is 25.5 Å². The Labute approximate surface area is 169 Å². The summed E-state index contributed by atoms with van der Waals surface area (Å²) < 4.78 is 45.1. The molecule has 0 aliphatic carbocycles. The average Bonchev–Trinajstić information content (AvgIpc) is 3.30. The molecule has 156 valence electrons. The summed E-state index contributed by atoms with van der Waals surface area (Å²) >= 11 is 0. The van der Waals surface area contributed by atoms with Crippen molar-refractivity contribution < 1.29 is 22.7 Å². The van der Waals surface area contributed by atoms with Crippen molar-refractivity contribution in [3.8, 4) is 0 Å². The van der Waals surface area contributed by atoms with E-state index in [9.17, 15) is 18.0 Å². The van der Waals surface area contributed by atoms with Crippen LogP contribution in [0.25, 0.3) is 0 Å². The standard InChI is InChI=1S/C19H17F3N6O2/c20-19(21,22)16-10-24-11-17(26-16)28(18(29)14-5-6-25-27-14)13-3-1-12(2-4-13)15-9-23-7-8-30-15/h1-6,10-11,15,23H,7-9H2,(H,25,27)/t15-/m1/s1. The number of aromatic amines is 1. The van der Waals surface area contributed by atoms with E-state index in [4.69, 9.17) is 4.74 Å². The monoisotopic (exact) mass is 418 g/mol. The van der Waals surface area contributed by atoms with Crippen molar-refractivity contribution in [1.29, 1.82) is 0 Å². The molecule has 1 aliphatic rings.